The molecule has 4 heterocycles. The third-order valence-electron chi connectivity index (χ3n) is 5.19. The number of aromatic amines is 1. The highest BCUT2D eigenvalue weighted by Crippen LogP contribution is 2.35. The molecule has 0 atom stereocenters. The number of nitrogens with zero attached hydrogens (tertiary/aromatic N) is 3. The van der Waals surface area contributed by atoms with Crippen molar-refractivity contribution >= 4 is 22.8 Å². The van der Waals surface area contributed by atoms with Crippen LogP contribution in [0.25, 0.3) is 16.9 Å². The number of ether oxygens (including phenoxy) is 1. The standard InChI is InChI=1S/C19H19N5O3/c1-19(2)22-17(25)12-5-4-11-10-13(12)23(19)8-3-9-27-14-6-7-20-16-15(14)24(11)18(26)21-16/h4-7,10H,3,8-9H2,1-2H3,(H,22,25)(H,20,21,26). The lowest BCUT2D eigenvalue weighted by molar-refractivity contribution is 0.0897. The largest absolute Gasteiger partial charge is 0.491 e. The topological polar surface area (TPSA) is 92.2 Å². The summed E-state index contributed by atoms with van der Waals surface area (Å²) in [5.41, 5.74) is 2.34. The van der Waals surface area contributed by atoms with E-state index in [9.17, 15) is 9.59 Å². The number of pyridine rings is 1. The summed E-state index contributed by atoms with van der Waals surface area (Å²) in [5.74, 6) is 0.498. The van der Waals surface area contributed by atoms with E-state index in [1.54, 1.807) is 29.0 Å². The van der Waals surface area contributed by atoms with Crippen LogP contribution in [0.4, 0.5) is 5.69 Å². The minimum atomic E-state index is -0.538. The number of anilines is 1. The first-order valence-electron chi connectivity index (χ1n) is 8.93. The Balaban J connectivity index is 1.84. The number of imidazole rings is 1. The van der Waals surface area contributed by atoms with Gasteiger partial charge in [-0.15, -0.1) is 0 Å². The van der Waals surface area contributed by atoms with Gasteiger partial charge in [0.1, 0.15) is 16.9 Å². The monoisotopic (exact) mass is 365 g/mol. The van der Waals surface area contributed by atoms with Crippen LogP contribution < -0.4 is 20.6 Å². The summed E-state index contributed by atoms with van der Waals surface area (Å²) in [4.78, 5) is 34.4. The molecule has 0 saturated heterocycles. The first-order chi connectivity index (χ1) is 13.0. The zero-order valence-electron chi connectivity index (χ0n) is 15.1. The molecule has 8 heteroatoms. The number of rotatable bonds is 0. The van der Waals surface area contributed by atoms with Crippen molar-refractivity contribution < 1.29 is 9.53 Å². The van der Waals surface area contributed by atoms with Gasteiger partial charge in [0.15, 0.2) is 5.65 Å². The van der Waals surface area contributed by atoms with E-state index in [1.165, 1.54) is 0 Å². The Morgan fingerprint density at radius 1 is 1.22 bits per heavy atom. The van der Waals surface area contributed by atoms with Crippen molar-refractivity contribution in [1.29, 1.82) is 0 Å². The zero-order chi connectivity index (χ0) is 18.8. The summed E-state index contributed by atoms with van der Waals surface area (Å²) in [5, 5.41) is 3.05. The molecule has 5 rings (SSSR count). The molecule has 3 aromatic rings. The molecule has 2 aliphatic rings. The lowest BCUT2D eigenvalue weighted by Gasteiger charge is -2.45. The van der Waals surface area contributed by atoms with Gasteiger partial charge in [-0.05, 0) is 38.5 Å². The van der Waals surface area contributed by atoms with Gasteiger partial charge in [-0.1, -0.05) is 0 Å². The predicted octanol–water partition coefficient (Wildman–Crippen LogP) is 1.78. The average Bonchev–Trinajstić information content (AvgIpc) is 2.94. The number of fused-ring (bicyclic) bond motifs is 2. The van der Waals surface area contributed by atoms with Crippen LogP contribution in [0.5, 0.6) is 5.75 Å². The molecule has 1 aromatic carbocycles. The molecule has 138 valence electrons. The van der Waals surface area contributed by atoms with Gasteiger partial charge < -0.3 is 15.0 Å². The summed E-state index contributed by atoms with van der Waals surface area (Å²) in [6.45, 7) is 5.15. The highest BCUT2D eigenvalue weighted by molar-refractivity contribution is 6.03. The number of carbonyl (C=O) groups excluding carboxylic acids is 1. The van der Waals surface area contributed by atoms with Gasteiger partial charge in [-0.2, -0.15) is 0 Å². The van der Waals surface area contributed by atoms with Crippen LogP contribution in [0.1, 0.15) is 30.6 Å². The lowest BCUT2D eigenvalue weighted by atomic mass is 10.0. The number of hydrogen-bond donors (Lipinski definition) is 2. The van der Waals surface area contributed by atoms with Gasteiger partial charge in [0.2, 0.25) is 0 Å². The Labute approximate surface area is 154 Å². The minimum absolute atomic E-state index is 0.113. The number of amides is 1. The molecule has 0 unspecified atom stereocenters. The van der Waals surface area contributed by atoms with E-state index in [4.69, 9.17) is 4.74 Å². The number of aromatic nitrogens is 3. The van der Waals surface area contributed by atoms with Crippen molar-refractivity contribution in [2.75, 3.05) is 18.1 Å². The molecule has 27 heavy (non-hydrogen) atoms. The molecular formula is C19H19N5O3. The maximum atomic E-state index is 12.7. The Bertz CT molecular complexity index is 1140. The fourth-order valence-corrected chi connectivity index (χ4v) is 3.96. The van der Waals surface area contributed by atoms with Crippen LogP contribution in [-0.4, -0.2) is 39.3 Å². The van der Waals surface area contributed by atoms with Crippen LogP contribution in [0.3, 0.4) is 0 Å². The van der Waals surface area contributed by atoms with Crippen molar-refractivity contribution in [3.63, 3.8) is 0 Å². The maximum absolute atomic E-state index is 12.7. The summed E-state index contributed by atoms with van der Waals surface area (Å²) in [7, 11) is 0. The number of benzene rings is 1. The van der Waals surface area contributed by atoms with Gasteiger partial charge in [0.25, 0.3) is 5.91 Å². The van der Waals surface area contributed by atoms with Gasteiger partial charge in [-0.3, -0.25) is 14.3 Å². The molecule has 0 radical (unpaired) electrons. The van der Waals surface area contributed by atoms with Gasteiger partial charge >= 0.3 is 5.69 Å². The first kappa shape index (κ1) is 15.9. The molecule has 0 saturated carbocycles. The Kier molecular flexibility index (Phi) is 3.16. The predicted molar refractivity (Wildman–Crippen MR) is 101 cm³/mol. The summed E-state index contributed by atoms with van der Waals surface area (Å²) >= 11 is 0. The number of H-pyrrole nitrogens is 1. The first-order valence-corrected chi connectivity index (χ1v) is 8.93. The summed E-state index contributed by atoms with van der Waals surface area (Å²) in [6.07, 6.45) is 2.39. The van der Waals surface area contributed by atoms with Crippen LogP contribution in [0.2, 0.25) is 0 Å². The minimum Gasteiger partial charge on any atom is -0.491 e. The number of hydrogen-bond acceptors (Lipinski definition) is 5. The molecule has 2 N–H and O–H groups in total. The van der Waals surface area contributed by atoms with E-state index in [0.717, 1.165) is 12.1 Å². The normalized spacial score (nSPS) is 17.9. The van der Waals surface area contributed by atoms with Crippen molar-refractivity contribution in [3.05, 3.63) is 46.5 Å². The van der Waals surface area contributed by atoms with Crippen molar-refractivity contribution in [2.45, 2.75) is 25.9 Å². The van der Waals surface area contributed by atoms with Crippen LogP contribution in [0, 0.1) is 0 Å². The van der Waals surface area contributed by atoms with Gasteiger partial charge in [0.05, 0.1) is 23.5 Å². The van der Waals surface area contributed by atoms with E-state index in [2.05, 4.69) is 20.2 Å². The summed E-state index contributed by atoms with van der Waals surface area (Å²) < 4.78 is 7.54. The van der Waals surface area contributed by atoms with Crippen LogP contribution in [-0.2, 0) is 0 Å². The van der Waals surface area contributed by atoms with E-state index in [1.807, 2.05) is 19.9 Å². The van der Waals surface area contributed by atoms with Crippen LogP contribution >= 0.6 is 0 Å². The van der Waals surface area contributed by atoms with E-state index < -0.39 is 5.66 Å². The number of carbonyl (C=O) groups is 1. The maximum Gasteiger partial charge on any atom is 0.332 e. The Morgan fingerprint density at radius 2 is 2.07 bits per heavy atom. The quantitative estimate of drug-likeness (QED) is 0.634. The second kappa shape index (κ2) is 5.35. The van der Waals surface area contributed by atoms with E-state index in [0.29, 0.717) is 41.3 Å². The molecule has 2 aromatic heterocycles. The second-order valence-corrected chi connectivity index (χ2v) is 7.34. The fourth-order valence-electron chi connectivity index (χ4n) is 3.96. The fraction of sp³-hybridized carbons (Fsp3) is 0.316. The molecule has 2 bridgehead atoms. The highest BCUT2D eigenvalue weighted by atomic mass is 16.5. The van der Waals surface area contributed by atoms with Crippen LogP contribution in [0.15, 0.2) is 35.3 Å². The van der Waals surface area contributed by atoms with Crippen molar-refractivity contribution in [1.82, 2.24) is 19.9 Å². The van der Waals surface area contributed by atoms with E-state index >= 15 is 0 Å². The third-order valence-corrected chi connectivity index (χ3v) is 5.19. The third kappa shape index (κ3) is 2.26. The molecule has 0 aliphatic carbocycles. The van der Waals surface area contributed by atoms with E-state index in [-0.39, 0.29) is 11.6 Å². The molecule has 0 fully saturated rings. The van der Waals surface area contributed by atoms with Gasteiger partial charge in [0, 0.05) is 18.8 Å². The van der Waals surface area contributed by atoms with Crippen molar-refractivity contribution in [2.24, 2.45) is 0 Å². The number of nitrogens with one attached hydrogen (secondary N) is 2. The Hall–Kier alpha value is -3.29. The molecule has 2 aliphatic heterocycles. The Morgan fingerprint density at radius 3 is 2.93 bits per heavy atom. The second-order valence-electron chi connectivity index (χ2n) is 7.34. The zero-order valence-corrected chi connectivity index (χ0v) is 15.1. The molecule has 8 nitrogen and oxygen atoms in total. The van der Waals surface area contributed by atoms with Gasteiger partial charge in [-0.25, -0.2) is 9.78 Å². The molecular weight excluding hydrogens is 346 g/mol. The summed E-state index contributed by atoms with van der Waals surface area (Å²) in [6, 6.07) is 7.21. The van der Waals surface area contributed by atoms with Crippen molar-refractivity contribution in [3.8, 4) is 11.4 Å². The molecule has 0 spiro atoms. The smallest absolute Gasteiger partial charge is 0.332 e. The average molecular weight is 365 g/mol. The SMILES string of the molecule is CC1(C)NC(=O)c2ccc3cc2N1CCCOc1ccnc2[nH]c(=O)n-3c12. The lowest BCUT2D eigenvalue weighted by Crippen LogP contribution is -2.60. The highest BCUT2D eigenvalue weighted by Gasteiger charge is 2.36. The molecule has 1 amide bonds.